The van der Waals surface area contributed by atoms with E-state index in [1.165, 1.54) is 6.20 Å². The number of urea groups is 1. The van der Waals surface area contributed by atoms with Gasteiger partial charge in [0.05, 0.1) is 11.8 Å². The van der Waals surface area contributed by atoms with E-state index in [2.05, 4.69) is 25.9 Å². The molecule has 0 unspecified atom stereocenters. The highest BCUT2D eigenvalue weighted by Crippen LogP contribution is 2.39. The summed E-state index contributed by atoms with van der Waals surface area (Å²) in [6.07, 6.45) is 5.79. The Kier molecular flexibility index (Phi) is 5.82. The maximum Gasteiger partial charge on any atom is 0.320 e. The second-order valence-corrected chi connectivity index (χ2v) is 8.66. The zero-order valence-corrected chi connectivity index (χ0v) is 19.1. The van der Waals surface area contributed by atoms with E-state index in [0.29, 0.717) is 46.7 Å². The molecule has 178 valence electrons. The Morgan fingerprint density at radius 2 is 2.12 bits per heavy atom. The monoisotopic (exact) mass is 466 g/mol. The van der Waals surface area contributed by atoms with Gasteiger partial charge in [-0.2, -0.15) is 0 Å². The summed E-state index contributed by atoms with van der Waals surface area (Å²) in [5, 5.41) is 10.1. The maximum atomic E-state index is 15.3. The summed E-state index contributed by atoms with van der Waals surface area (Å²) in [5.41, 5.74) is 8.64. The quantitative estimate of drug-likeness (QED) is 0.431. The zero-order valence-electron chi connectivity index (χ0n) is 19.1. The Morgan fingerprint density at radius 3 is 2.91 bits per heavy atom. The van der Waals surface area contributed by atoms with Crippen LogP contribution in [0, 0.1) is 12.7 Å². The second-order valence-electron chi connectivity index (χ2n) is 8.66. The van der Waals surface area contributed by atoms with Crippen LogP contribution in [-0.2, 0) is 4.74 Å². The Morgan fingerprint density at radius 1 is 1.26 bits per heavy atom. The third-order valence-electron chi connectivity index (χ3n) is 6.53. The molecular formula is C24H27FN6O3. The first-order chi connectivity index (χ1) is 16.4. The fourth-order valence-corrected chi connectivity index (χ4v) is 4.68. The molecule has 0 saturated heterocycles. The number of anilines is 3. The number of halogens is 1. The van der Waals surface area contributed by atoms with Gasteiger partial charge in [-0.3, -0.25) is 5.32 Å². The Balaban J connectivity index is 1.44. The number of carbonyl (C=O) groups is 1. The zero-order chi connectivity index (χ0) is 23.8. The molecule has 1 saturated carbocycles. The molecule has 0 spiro atoms. The van der Waals surface area contributed by atoms with Crippen molar-refractivity contribution in [3.05, 3.63) is 35.9 Å². The van der Waals surface area contributed by atoms with Crippen molar-refractivity contribution >= 4 is 34.0 Å². The van der Waals surface area contributed by atoms with E-state index >= 15 is 4.39 Å². The lowest BCUT2D eigenvalue weighted by Crippen LogP contribution is -2.36. The van der Waals surface area contributed by atoms with Gasteiger partial charge >= 0.3 is 6.03 Å². The van der Waals surface area contributed by atoms with E-state index in [1.807, 2.05) is 6.92 Å². The number of rotatable bonds is 4. The lowest BCUT2D eigenvalue weighted by Gasteiger charge is -2.22. The molecule has 2 aliphatic rings. The number of fused-ring (bicyclic) bond motifs is 2. The minimum atomic E-state index is -0.539. The van der Waals surface area contributed by atoms with Gasteiger partial charge in [0, 0.05) is 48.6 Å². The molecule has 1 aromatic carbocycles. The third-order valence-corrected chi connectivity index (χ3v) is 6.53. The fraction of sp³-hybridized carbons (Fsp3) is 0.375. The number of aromatic nitrogens is 2. The highest BCUT2D eigenvalue weighted by atomic mass is 19.1. The molecule has 10 heteroatoms. The Labute approximate surface area is 196 Å². The van der Waals surface area contributed by atoms with E-state index < -0.39 is 5.82 Å². The molecule has 3 heterocycles. The SMILES string of the molecule is CO[C@@H]1CC[C@H](NC(=O)Nc2cc3cc(-c4cnc5c(c4C)NCCO5)c(F)c(N)c3cn2)C1. The number of benzene rings is 1. The number of ether oxygens (including phenoxy) is 2. The van der Waals surface area contributed by atoms with Crippen LogP contribution in [0.15, 0.2) is 24.5 Å². The first kappa shape index (κ1) is 22.1. The predicted molar refractivity (Wildman–Crippen MR) is 129 cm³/mol. The number of nitrogens with two attached hydrogens (primary N) is 1. The number of carbonyl (C=O) groups excluding carboxylic acids is 1. The number of amides is 2. The lowest BCUT2D eigenvalue weighted by molar-refractivity contribution is 0.107. The maximum absolute atomic E-state index is 15.3. The van der Waals surface area contributed by atoms with Gasteiger partial charge in [-0.1, -0.05) is 0 Å². The molecule has 9 nitrogen and oxygen atoms in total. The second kappa shape index (κ2) is 8.94. The largest absolute Gasteiger partial charge is 0.474 e. The summed E-state index contributed by atoms with van der Waals surface area (Å²) >= 11 is 0. The highest BCUT2D eigenvalue weighted by Gasteiger charge is 2.26. The van der Waals surface area contributed by atoms with Gasteiger partial charge in [-0.15, -0.1) is 0 Å². The standard InChI is InChI=1S/C24H27FN6O3/c1-12-17(10-29-23-22(12)27-5-6-34-23)16-7-13-8-19(28-11-18(13)21(26)20(16)25)31-24(32)30-14-3-4-15(9-14)33-2/h7-8,10-11,14-15,27H,3-6,9,26H2,1-2H3,(H2,28,30,31,32)/t14-,15+/m0/s1. The number of methoxy groups -OCH3 is 1. The first-order valence-electron chi connectivity index (χ1n) is 11.3. The minimum absolute atomic E-state index is 0.00565. The topological polar surface area (TPSA) is 123 Å². The summed E-state index contributed by atoms with van der Waals surface area (Å²) in [6, 6.07) is 3.10. The van der Waals surface area contributed by atoms with Crippen molar-refractivity contribution in [1.29, 1.82) is 0 Å². The average molecular weight is 467 g/mol. The van der Waals surface area contributed by atoms with Gasteiger partial charge < -0.3 is 25.8 Å². The molecule has 34 heavy (non-hydrogen) atoms. The van der Waals surface area contributed by atoms with Crippen LogP contribution in [0.4, 0.5) is 26.4 Å². The molecule has 2 atom stereocenters. The normalized spacial score (nSPS) is 19.3. The van der Waals surface area contributed by atoms with E-state index in [1.54, 1.807) is 25.4 Å². The molecule has 5 N–H and O–H groups in total. The number of nitrogen functional groups attached to an aromatic ring is 1. The van der Waals surface area contributed by atoms with Gasteiger partial charge in [-0.25, -0.2) is 19.2 Å². The van der Waals surface area contributed by atoms with Crippen LogP contribution < -0.4 is 26.4 Å². The molecule has 2 aromatic heterocycles. The van der Waals surface area contributed by atoms with Crippen molar-refractivity contribution < 1.29 is 18.7 Å². The van der Waals surface area contributed by atoms with Crippen molar-refractivity contribution in [2.75, 3.05) is 36.6 Å². The van der Waals surface area contributed by atoms with Crippen LogP contribution in [0.5, 0.6) is 5.88 Å². The summed E-state index contributed by atoms with van der Waals surface area (Å²) < 4.78 is 26.2. The molecule has 5 rings (SSSR count). The summed E-state index contributed by atoms with van der Waals surface area (Å²) in [5.74, 6) is 0.310. The third kappa shape index (κ3) is 4.05. The lowest BCUT2D eigenvalue weighted by atomic mass is 9.97. The summed E-state index contributed by atoms with van der Waals surface area (Å²) in [7, 11) is 1.68. The molecule has 0 bridgehead atoms. The van der Waals surface area contributed by atoms with Gasteiger partial charge in [0.25, 0.3) is 0 Å². The van der Waals surface area contributed by atoms with Crippen molar-refractivity contribution in [3.63, 3.8) is 0 Å². The highest BCUT2D eigenvalue weighted by molar-refractivity contribution is 6.00. The number of hydrogen-bond acceptors (Lipinski definition) is 7. The molecule has 3 aromatic rings. The van der Waals surface area contributed by atoms with Gasteiger partial charge in [0.1, 0.15) is 18.1 Å². The first-order valence-corrected chi connectivity index (χ1v) is 11.3. The van der Waals surface area contributed by atoms with Gasteiger partial charge in [0.2, 0.25) is 5.88 Å². The van der Waals surface area contributed by atoms with Crippen LogP contribution in [0.1, 0.15) is 24.8 Å². The molecule has 0 radical (unpaired) electrons. The molecule has 2 amide bonds. The van der Waals surface area contributed by atoms with Crippen LogP contribution in [0.2, 0.25) is 0 Å². The molecule has 1 fully saturated rings. The van der Waals surface area contributed by atoms with E-state index in [-0.39, 0.29) is 23.9 Å². The molecule has 1 aliphatic carbocycles. The van der Waals surface area contributed by atoms with Crippen LogP contribution in [0.3, 0.4) is 0 Å². The van der Waals surface area contributed by atoms with E-state index in [9.17, 15) is 4.79 Å². The Hall–Kier alpha value is -3.66. The van der Waals surface area contributed by atoms with Crippen molar-refractivity contribution in [3.8, 4) is 17.0 Å². The van der Waals surface area contributed by atoms with Crippen molar-refractivity contribution in [2.45, 2.75) is 38.3 Å². The van der Waals surface area contributed by atoms with Crippen LogP contribution >= 0.6 is 0 Å². The summed E-state index contributed by atoms with van der Waals surface area (Å²) in [4.78, 5) is 21.1. The Bertz CT molecular complexity index is 1270. The average Bonchev–Trinajstić information content (AvgIpc) is 3.29. The summed E-state index contributed by atoms with van der Waals surface area (Å²) in [6.45, 7) is 3.07. The van der Waals surface area contributed by atoms with Crippen LogP contribution in [0.25, 0.3) is 21.9 Å². The van der Waals surface area contributed by atoms with Crippen molar-refractivity contribution in [2.24, 2.45) is 0 Å². The van der Waals surface area contributed by atoms with E-state index in [4.69, 9.17) is 15.2 Å². The minimum Gasteiger partial charge on any atom is -0.474 e. The number of hydrogen-bond donors (Lipinski definition) is 4. The van der Waals surface area contributed by atoms with Gasteiger partial charge in [0.15, 0.2) is 5.82 Å². The number of nitrogens with zero attached hydrogens (tertiary/aromatic N) is 2. The molecular weight excluding hydrogens is 439 g/mol. The van der Waals surface area contributed by atoms with E-state index in [0.717, 1.165) is 30.5 Å². The predicted octanol–water partition coefficient (Wildman–Crippen LogP) is 3.82. The van der Waals surface area contributed by atoms with Crippen LogP contribution in [-0.4, -0.2) is 48.4 Å². The number of nitrogens with one attached hydrogen (secondary N) is 3. The van der Waals surface area contributed by atoms with Gasteiger partial charge in [-0.05, 0) is 49.3 Å². The molecule has 1 aliphatic heterocycles. The number of pyridine rings is 2. The van der Waals surface area contributed by atoms with Crippen molar-refractivity contribution in [1.82, 2.24) is 15.3 Å². The smallest absolute Gasteiger partial charge is 0.320 e. The fourth-order valence-electron chi connectivity index (χ4n) is 4.68.